The molecular formula is C16H22N2O4. The first-order valence-electron chi connectivity index (χ1n) is 7.00. The molecule has 0 aromatic heterocycles. The number of amides is 3. The minimum atomic E-state index is -1.16. The molecule has 0 radical (unpaired) electrons. The number of ether oxygens (including phenoxy) is 1. The van der Waals surface area contributed by atoms with Crippen LogP contribution in [0.25, 0.3) is 0 Å². The van der Waals surface area contributed by atoms with E-state index in [4.69, 9.17) is 4.74 Å². The lowest BCUT2D eigenvalue weighted by Gasteiger charge is -2.21. The van der Waals surface area contributed by atoms with E-state index in [-0.39, 0.29) is 11.8 Å². The van der Waals surface area contributed by atoms with Gasteiger partial charge in [0.1, 0.15) is 0 Å². The van der Waals surface area contributed by atoms with Gasteiger partial charge in [0, 0.05) is 12.6 Å². The van der Waals surface area contributed by atoms with E-state index in [0.29, 0.717) is 5.56 Å². The second-order valence-corrected chi connectivity index (χ2v) is 6.09. The van der Waals surface area contributed by atoms with Gasteiger partial charge in [-0.05, 0) is 5.41 Å². The Hall–Kier alpha value is -2.37. The molecule has 120 valence electrons. The van der Waals surface area contributed by atoms with E-state index in [1.807, 2.05) is 20.8 Å². The summed E-state index contributed by atoms with van der Waals surface area (Å²) < 4.78 is 5.29. The van der Waals surface area contributed by atoms with E-state index in [2.05, 4.69) is 10.6 Å². The molecular weight excluding hydrogens is 284 g/mol. The van der Waals surface area contributed by atoms with E-state index in [1.54, 1.807) is 30.3 Å². The molecule has 6 heteroatoms. The molecule has 1 aromatic carbocycles. The van der Waals surface area contributed by atoms with E-state index in [0.717, 1.165) is 0 Å². The number of imide groups is 1. The minimum Gasteiger partial charge on any atom is -0.447 e. The molecule has 1 rings (SSSR count). The fraction of sp³-hybridized carbons (Fsp3) is 0.438. The van der Waals surface area contributed by atoms with Crippen LogP contribution in [0.2, 0.25) is 0 Å². The lowest BCUT2D eigenvalue weighted by Crippen LogP contribution is -2.41. The molecule has 0 heterocycles. The van der Waals surface area contributed by atoms with Gasteiger partial charge in [-0.1, -0.05) is 51.1 Å². The highest BCUT2D eigenvalue weighted by Gasteiger charge is 2.28. The Labute approximate surface area is 130 Å². The smallest absolute Gasteiger partial charge is 0.321 e. The lowest BCUT2D eigenvalue weighted by atomic mass is 9.92. The van der Waals surface area contributed by atoms with Crippen LogP contribution < -0.4 is 10.6 Å². The number of urea groups is 1. The number of carbonyl (C=O) groups is 3. The van der Waals surface area contributed by atoms with E-state index >= 15 is 0 Å². The summed E-state index contributed by atoms with van der Waals surface area (Å²) in [6, 6.07) is 7.92. The SMILES string of the molecule is CNC(=O)NC(=O)C(OC(=O)CC(C)(C)C)c1ccccc1. The lowest BCUT2D eigenvalue weighted by molar-refractivity contribution is -0.157. The Morgan fingerprint density at radius 1 is 1.14 bits per heavy atom. The highest BCUT2D eigenvalue weighted by molar-refractivity contribution is 5.97. The zero-order valence-corrected chi connectivity index (χ0v) is 13.3. The van der Waals surface area contributed by atoms with Gasteiger partial charge in [0.05, 0.1) is 6.42 Å². The van der Waals surface area contributed by atoms with Crippen molar-refractivity contribution < 1.29 is 19.1 Å². The van der Waals surface area contributed by atoms with Crippen LogP contribution in [-0.4, -0.2) is 25.0 Å². The van der Waals surface area contributed by atoms with Crippen LogP contribution in [0.1, 0.15) is 38.9 Å². The van der Waals surface area contributed by atoms with Crippen molar-refractivity contribution in [2.75, 3.05) is 7.05 Å². The summed E-state index contributed by atoms with van der Waals surface area (Å²) in [6.45, 7) is 5.70. The van der Waals surface area contributed by atoms with Gasteiger partial charge in [-0.25, -0.2) is 4.79 Å². The molecule has 0 saturated carbocycles. The molecule has 1 atom stereocenters. The second-order valence-electron chi connectivity index (χ2n) is 6.09. The van der Waals surface area contributed by atoms with Crippen LogP contribution in [0.5, 0.6) is 0 Å². The molecule has 0 aliphatic rings. The molecule has 6 nitrogen and oxygen atoms in total. The molecule has 2 N–H and O–H groups in total. The summed E-state index contributed by atoms with van der Waals surface area (Å²) in [5, 5.41) is 4.41. The summed E-state index contributed by atoms with van der Waals surface area (Å²) in [5.41, 5.74) is 0.251. The molecule has 1 unspecified atom stereocenters. The molecule has 0 fully saturated rings. The van der Waals surface area contributed by atoms with E-state index in [1.165, 1.54) is 7.05 Å². The number of nitrogens with one attached hydrogen (secondary N) is 2. The van der Waals surface area contributed by atoms with Crippen LogP contribution in [-0.2, 0) is 14.3 Å². The maximum absolute atomic E-state index is 12.2. The van der Waals surface area contributed by atoms with Crippen LogP contribution in [0.3, 0.4) is 0 Å². The number of hydrogen-bond acceptors (Lipinski definition) is 4. The topological polar surface area (TPSA) is 84.5 Å². The summed E-state index contributed by atoms with van der Waals surface area (Å²) in [6.07, 6.45) is -0.989. The third-order valence-corrected chi connectivity index (χ3v) is 2.73. The van der Waals surface area contributed by atoms with Crippen molar-refractivity contribution in [3.8, 4) is 0 Å². The zero-order chi connectivity index (χ0) is 16.8. The van der Waals surface area contributed by atoms with Crippen molar-refractivity contribution >= 4 is 17.9 Å². The third-order valence-electron chi connectivity index (χ3n) is 2.73. The minimum absolute atomic E-state index is 0.170. The van der Waals surface area contributed by atoms with E-state index in [9.17, 15) is 14.4 Å². The largest absolute Gasteiger partial charge is 0.447 e. The maximum atomic E-state index is 12.2. The van der Waals surface area contributed by atoms with E-state index < -0.39 is 24.0 Å². The number of benzene rings is 1. The first-order chi connectivity index (χ1) is 10.2. The molecule has 0 aliphatic carbocycles. The average Bonchev–Trinajstić information content (AvgIpc) is 2.43. The molecule has 0 bridgehead atoms. The van der Waals surface area contributed by atoms with Gasteiger partial charge in [0.2, 0.25) is 6.10 Å². The zero-order valence-electron chi connectivity index (χ0n) is 13.3. The predicted molar refractivity (Wildman–Crippen MR) is 81.9 cm³/mol. The first kappa shape index (κ1) is 17.7. The van der Waals surface area contributed by atoms with Crippen molar-refractivity contribution in [2.24, 2.45) is 5.41 Å². The average molecular weight is 306 g/mol. The highest BCUT2D eigenvalue weighted by Crippen LogP contribution is 2.23. The number of carbonyl (C=O) groups excluding carboxylic acids is 3. The van der Waals surface area contributed by atoms with Gasteiger partial charge < -0.3 is 10.1 Å². The molecule has 0 saturated heterocycles. The van der Waals surface area contributed by atoms with Crippen molar-refractivity contribution in [1.82, 2.24) is 10.6 Å². The monoisotopic (exact) mass is 306 g/mol. The van der Waals surface area contributed by atoms with Crippen molar-refractivity contribution in [1.29, 1.82) is 0 Å². The Bertz CT molecular complexity index is 535. The van der Waals surface area contributed by atoms with Gasteiger partial charge in [-0.2, -0.15) is 0 Å². The number of esters is 1. The second kappa shape index (κ2) is 7.59. The van der Waals surface area contributed by atoms with Crippen molar-refractivity contribution in [3.63, 3.8) is 0 Å². The van der Waals surface area contributed by atoms with Gasteiger partial charge in [0.15, 0.2) is 0 Å². The standard InChI is InChI=1S/C16H22N2O4/c1-16(2,3)10-12(19)22-13(11-8-6-5-7-9-11)14(20)18-15(21)17-4/h5-9,13H,10H2,1-4H3,(H2,17,18,20,21). The molecule has 1 aromatic rings. The maximum Gasteiger partial charge on any atom is 0.321 e. The van der Waals surface area contributed by atoms with Gasteiger partial charge >= 0.3 is 12.0 Å². The summed E-state index contributed by atoms with van der Waals surface area (Å²) in [4.78, 5) is 35.5. The molecule has 22 heavy (non-hydrogen) atoms. The van der Waals surface area contributed by atoms with Gasteiger partial charge in [-0.15, -0.1) is 0 Å². The fourth-order valence-corrected chi connectivity index (χ4v) is 1.75. The first-order valence-corrected chi connectivity index (χ1v) is 7.00. The normalized spacial score (nSPS) is 12.2. The quantitative estimate of drug-likeness (QED) is 0.835. The molecule has 0 spiro atoms. The van der Waals surface area contributed by atoms with Crippen LogP contribution in [0.15, 0.2) is 30.3 Å². The predicted octanol–water partition coefficient (Wildman–Crippen LogP) is 2.16. The molecule has 0 aliphatic heterocycles. The van der Waals surface area contributed by atoms with Gasteiger partial charge in [-0.3, -0.25) is 14.9 Å². The summed E-state index contributed by atoms with van der Waals surface area (Å²) >= 11 is 0. The van der Waals surface area contributed by atoms with Gasteiger partial charge in [0.25, 0.3) is 5.91 Å². The Kier molecular flexibility index (Phi) is 6.10. The summed E-state index contributed by atoms with van der Waals surface area (Å²) in [5.74, 6) is -1.18. The number of hydrogen-bond donors (Lipinski definition) is 2. The third kappa shape index (κ3) is 5.95. The van der Waals surface area contributed by atoms with Crippen molar-refractivity contribution in [3.05, 3.63) is 35.9 Å². The Morgan fingerprint density at radius 3 is 2.23 bits per heavy atom. The molecule has 3 amide bonds. The van der Waals surface area contributed by atoms with Crippen molar-refractivity contribution in [2.45, 2.75) is 33.3 Å². The van der Waals surface area contributed by atoms with Crippen LogP contribution in [0.4, 0.5) is 4.79 Å². The highest BCUT2D eigenvalue weighted by atomic mass is 16.5. The Balaban J connectivity index is 2.90. The number of rotatable bonds is 4. The fourth-order valence-electron chi connectivity index (χ4n) is 1.75. The summed E-state index contributed by atoms with van der Waals surface area (Å²) in [7, 11) is 1.39. The van der Waals surface area contributed by atoms with Crippen LogP contribution >= 0.6 is 0 Å². The van der Waals surface area contributed by atoms with Crippen LogP contribution in [0, 0.1) is 5.41 Å². The Morgan fingerprint density at radius 2 is 1.73 bits per heavy atom.